The Morgan fingerprint density at radius 3 is 2.41 bits per heavy atom. The zero-order chi connectivity index (χ0) is 20.5. The minimum atomic E-state index is -0.346. The molecule has 2 N–H and O–H groups in total. The van der Waals surface area contributed by atoms with E-state index in [1.54, 1.807) is 42.5 Å². The molecule has 1 heterocycles. The second kappa shape index (κ2) is 10.3. The number of amides is 2. The largest absolute Gasteiger partial charge is 0.351 e. The number of hydrogen-bond acceptors (Lipinski definition) is 3. The lowest BCUT2D eigenvalue weighted by Gasteiger charge is -2.11. The lowest BCUT2D eigenvalue weighted by molar-refractivity contribution is -0.117. The first-order valence-electron chi connectivity index (χ1n) is 9.26. The summed E-state index contributed by atoms with van der Waals surface area (Å²) in [4.78, 5) is 26.0. The maximum absolute atomic E-state index is 13.0. The summed E-state index contributed by atoms with van der Waals surface area (Å²) in [7, 11) is 0. The van der Waals surface area contributed by atoms with Crippen LogP contribution in [0.2, 0.25) is 0 Å². The highest BCUT2D eigenvalue weighted by molar-refractivity contribution is 7.10. The van der Waals surface area contributed by atoms with Crippen LogP contribution in [-0.4, -0.2) is 18.4 Å². The highest BCUT2D eigenvalue weighted by atomic mass is 32.1. The third-order valence-corrected chi connectivity index (χ3v) is 5.02. The molecule has 4 nitrogen and oxygen atoms in total. The molecule has 2 aromatic carbocycles. The number of halogens is 1. The monoisotopic (exact) mass is 408 g/mol. The van der Waals surface area contributed by atoms with Gasteiger partial charge in [-0.2, -0.15) is 0 Å². The first-order chi connectivity index (χ1) is 14.1. The molecular formula is C23H21FN2O2S. The van der Waals surface area contributed by atoms with Gasteiger partial charge in [0.25, 0.3) is 11.8 Å². The van der Waals surface area contributed by atoms with Gasteiger partial charge in [0.2, 0.25) is 0 Å². The Bertz CT molecular complexity index is 968. The summed E-state index contributed by atoms with van der Waals surface area (Å²) in [6.07, 6.45) is 3.10. The second-order valence-electron chi connectivity index (χ2n) is 6.38. The molecule has 29 heavy (non-hydrogen) atoms. The van der Waals surface area contributed by atoms with Gasteiger partial charge in [-0.3, -0.25) is 9.59 Å². The average Bonchev–Trinajstić information content (AvgIpc) is 3.25. The molecule has 2 amide bonds. The van der Waals surface area contributed by atoms with Crippen LogP contribution in [0.3, 0.4) is 0 Å². The Kier molecular flexibility index (Phi) is 7.30. The van der Waals surface area contributed by atoms with Crippen LogP contribution in [0.25, 0.3) is 6.08 Å². The summed E-state index contributed by atoms with van der Waals surface area (Å²) in [5.41, 5.74) is 1.68. The van der Waals surface area contributed by atoms with Gasteiger partial charge in [0, 0.05) is 17.0 Å². The fourth-order valence-electron chi connectivity index (χ4n) is 2.70. The molecule has 0 saturated heterocycles. The van der Waals surface area contributed by atoms with Gasteiger partial charge >= 0.3 is 0 Å². The van der Waals surface area contributed by atoms with E-state index in [0.717, 1.165) is 16.9 Å². The molecule has 0 bridgehead atoms. The van der Waals surface area contributed by atoms with Crippen LogP contribution >= 0.6 is 11.3 Å². The van der Waals surface area contributed by atoms with Crippen molar-refractivity contribution in [3.05, 3.63) is 99.6 Å². The van der Waals surface area contributed by atoms with E-state index in [-0.39, 0.29) is 23.3 Å². The van der Waals surface area contributed by atoms with Crippen LogP contribution in [0.5, 0.6) is 0 Å². The molecule has 0 aliphatic heterocycles. The number of benzene rings is 2. The highest BCUT2D eigenvalue weighted by Crippen LogP contribution is 2.13. The molecule has 0 unspecified atom stereocenters. The third-order valence-electron chi connectivity index (χ3n) is 4.20. The molecule has 0 spiro atoms. The van der Waals surface area contributed by atoms with E-state index in [9.17, 15) is 14.0 Å². The van der Waals surface area contributed by atoms with Crippen LogP contribution < -0.4 is 10.6 Å². The van der Waals surface area contributed by atoms with E-state index < -0.39 is 0 Å². The molecule has 0 fully saturated rings. The summed E-state index contributed by atoms with van der Waals surface area (Å²) in [5, 5.41) is 7.46. The zero-order valence-electron chi connectivity index (χ0n) is 15.7. The summed E-state index contributed by atoms with van der Waals surface area (Å²) < 4.78 is 13.0. The average molecular weight is 408 g/mol. The van der Waals surface area contributed by atoms with Crippen molar-refractivity contribution in [1.82, 2.24) is 10.6 Å². The maximum Gasteiger partial charge on any atom is 0.267 e. The van der Waals surface area contributed by atoms with Crippen molar-refractivity contribution in [2.24, 2.45) is 0 Å². The summed E-state index contributed by atoms with van der Waals surface area (Å²) in [6, 6.07) is 18.8. The molecular weight excluding hydrogens is 387 g/mol. The molecule has 0 atom stereocenters. The lowest BCUT2D eigenvalue weighted by Crippen LogP contribution is -2.35. The van der Waals surface area contributed by atoms with Crippen LogP contribution in [0, 0.1) is 5.82 Å². The van der Waals surface area contributed by atoms with Gasteiger partial charge in [-0.15, -0.1) is 11.3 Å². The van der Waals surface area contributed by atoms with E-state index in [2.05, 4.69) is 10.6 Å². The van der Waals surface area contributed by atoms with Gasteiger partial charge in [-0.05, 0) is 60.2 Å². The van der Waals surface area contributed by atoms with Gasteiger partial charge in [0.1, 0.15) is 11.5 Å². The molecule has 0 aliphatic rings. The fourth-order valence-corrected chi connectivity index (χ4v) is 3.36. The molecule has 0 aliphatic carbocycles. The third kappa shape index (κ3) is 6.40. The Balaban J connectivity index is 1.60. The smallest absolute Gasteiger partial charge is 0.267 e. The number of nitrogens with one attached hydrogen (secondary N) is 2. The molecule has 3 aromatic rings. The van der Waals surface area contributed by atoms with Crippen molar-refractivity contribution in [2.45, 2.75) is 12.8 Å². The van der Waals surface area contributed by atoms with E-state index in [1.807, 2.05) is 23.6 Å². The Morgan fingerprint density at radius 1 is 0.966 bits per heavy atom. The zero-order valence-corrected chi connectivity index (χ0v) is 16.5. The van der Waals surface area contributed by atoms with E-state index >= 15 is 0 Å². The molecule has 1 aromatic heterocycles. The van der Waals surface area contributed by atoms with Gasteiger partial charge in [-0.25, -0.2) is 4.39 Å². The normalized spacial score (nSPS) is 11.1. The van der Waals surface area contributed by atoms with Crippen LogP contribution in [0.4, 0.5) is 4.39 Å². The number of hydrogen-bond donors (Lipinski definition) is 2. The Hall–Kier alpha value is -3.25. The molecule has 0 radical (unpaired) electrons. The molecule has 6 heteroatoms. The van der Waals surface area contributed by atoms with Gasteiger partial charge < -0.3 is 10.6 Å². The van der Waals surface area contributed by atoms with Crippen molar-refractivity contribution in [1.29, 1.82) is 0 Å². The summed E-state index contributed by atoms with van der Waals surface area (Å²) in [5.74, 6) is -0.948. The molecule has 3 rings (SSSR count). The van der Waals surface area contributed by atoms with Crippen LogP contribution in [0.15, 0.2) is 77.8 Å². The van der Waals surface area contributed by atoms with E-state index in [4.69, 9.17) is 0 Å². The van der Waals surface area contributed by atoms with Crippen molar-refractivity contribution < 1.29 is 14.0 Å². The predicted molar refractivity (Wildman–Crippen MR) is 114 cm³/mol. The van der Waals surface area contributed by atoms with Crippen molar-refractivity contribution in [3.63, 3.8) is 0 Å². The van der Waals surface area contributed by atoms with Crippen LogP contribution in [0.1, 0.15) is 27.2 Å². The Morgan fingerprint density at radius 2 is 1.72 bits per heavy atom. The van der Waals surface area contributed by atoms with E-state index in [1.165, 1.54) is 23.5 Å². The molecule has 0 saturated carbocycles. The predicted octanol–water partition coefficient (Wildman–Crippen LogP) is 4.41. The number of rotatable bonds is 8. The first-order valence-corrected chi connectivity index (χ1v) is 10.1. The van der Waals surface area contributed by atoms with Crippen LogP contribution in [-0.2, 0) is 11.2 Å². The highest BCUT2D eigenvalue weighted by Gasteiger charge is 2.14. The van der Waals surface area contributed by atoms with Gasteiger partial charge in [0.05, 0.1) is 0 Å². The topological polar surface area (TPSA) is 58.2 Å². The van der Waals surface area contributed by atoms with Crippen molar-refractivity contribution in [3.8, 4) is 0 Å². The number of thiophene rings is 1. The number of carbonyl (C=O) groups excluding carboxylic acids is 2. The maximum atomic E-state index is 13.0. The summed E-state index contributed by atoms with van der Waals surface area (Å²) >= 11 is 1.48. The summed E-state index contributed by atoms with van der Waals surface area (Å²) in [6.45, 7) is 0.444. The Labute approximate surface area is 173 Å². The standard InChI is InChI=1S/C23H21FN2O2S/c24-19-12-10-17(11-13-19)6-4-14-25-23(28)21(16-20-9-5-15-29-20)26-22(27)18-7-2-1-3-8-18/h1-3,5,7-13,15-16H,4,6,14H2,(H,25,28)(H,26,27)/b21-16-. The first kappa shape index (κ1) is 20.5. The van der Waals surface area contributed by atoms with Crippen molar-refractivity contribution >= 4 is 29.2 Å². The van der Waals surface area contributed by atoms with Gasteiger partial charge in [0.15, 0.2) is 0 Å². The number of carbonyl (C=O) groups is 2. The second-order valence-corrected chi connectivity index (χ2v) is 7.36. The van der Waals surface area contributed by atoms with Crippen molar-refractivity contribution in [2.75, 3.05) is 6.54 Å². The SMILES string of the molecule is O=C(NCCCc1ccc(F)cc1)/C(=C/c1cccs1)NC(=O)c1ccccc1. The lowest BCUT2D eigenvalue weighted by atomic mass is 10.1. The minimum Gasteiger partial charge on any atom is -0.351 e. The van der Waals surface area contributed by atoms with Gasteiger partial charge in [-0.1, -0.05) is 36.4 Å². The minimum absolute atomic E-state index is 0.197. The quantitative estimate of drug-likeness (QED) is 0.429. The fraction of sp³-hybridized carbons (Fsp3) is 0.130. The molecule has 148 valence electrons. The number of aryl methyl sites for hydroxylation is 1. The van der Waals surface area contributed by atoms with E-state index in [0.29, 0.717) is 18.5 Å².